The topological polar surface area (TPSA) is 76.4 Å². The standard InChI is InChI=1S/C21H38N6OS.HI/c1-3-22-20(24-14-7-15-28-16-17-11-12-17)23-13-6-10-19-25-26-21(29-2)27(19)18-8-4-5-9-18;/h17-18H,3-16H2,1-2H3,(H2,22,23,24);1H. The number of nitrogens with one attached hydrogen (secondary N) is 2. The predicted molar refractivity (Wildman–Crippen MR) is 135 cm³/mol. The summed E-state index contributed by atoms with van der Waals surface area (Å²) in [5.41, 5.74) is 0. The number of guanidine groups is 1. The molecule has 172 valence electrons. The summed E-state index contributed by atoms with van der Waals surface area (Å²) in [5.74, 6) is 2.87. The third-order valence-electron chi connectivity index (χ3n) is 5.59. The van der Waals surface area contributed by atoms with Crippen LogP contribution in [-0.4, -0.2) is 59.8 Å². The molecule has 1 aromatic rings. The van der Waals surface area contributed by atoms with Gasteiger partial charge in [-0.05, 0) is 57.6 Å². The summed E-state index contributed by atoms with van der Waals surface area (Å²) in [5, 5.41) is 16.7. The molecule has 2 aliphatic rings. The molecule has 0 amide bonds. The second kappa shape index (κ2) is 14.5. The average molecular weight is 551 g/mol. The van der Waals surface area contributed by atoms with Crippen molar-refractivity contribution in [2.75, 3.05) is 39.1 Å². The van der Waals surface area contributed by atoms with Crippen LogP contribution < -0.4 is 10.6 Å². The van der Waals surface area contributed by atoms with Crippen LogP contribution in [0.4, 0.5) is 0 Å². The Morgan fingerprint density at radius 1 is 1.17 bits per heavy atom. The maximum Gasteiger partial charge on any atom is 0.191 e. The van der Waals surface area contributed by atoms with Gasteiger partial charge in [-0.15, -0.1) is 34.2 Å². The largest absolute Gasteiger partial charge is 0.381 e. The Bertz CT molecular complexity index is 631. The summed E-state index contributed by atoms with van der Waals surface area (Å²) in [6.07, 6.45) is 12.9. The average Bonchev–Trinajstić information content (AvgIpc) is 3.23. The first-order valence-corrected chi connectivity index (χ1v) is 12.6. The van der Waals surface area contributed by atoms with Crippen LogP contribution in [0.2, 0.25) is 0 Å². The van der Waals surface area contributed by atoms with Crippen molar-refractivity contribution in [2.24, 2.45) is 10.9 Å². The number of thioether (sulfide) groups is 1. The third-order valence-corrected chi connectivity index (χ3v) is 6.23. The Morgan fingerprint density at radius 3 is 2.67 bits per heavy atom. The number of aromatic nitrogens is 3. The summed E-state index contributed by atoms with van der Waals surface area (Å²) in [4.78, 5) is 4.73. The lowest BCUT2D eigenvalue weighted by molar-refractivity contribution is 0.123. The Morgan fingerprint density at radius 2 is 1.97 bits per heavy atom. The van der Waals surface area contributed by atoms with Crippen molar-refractivity contribution in [1.82, 2.24) is 25.4 Å². The van der Waals surface area contributed by atoms with Gasteiger partial charge in [-0.25, -0.2) is 0 Å². The summed E-state index contributed by atoms with van der Waals surface area (Å²) in [6, 6.07) is 0.590. The molecule has 1 heterocycles. The minimum atomic E-state index is 0. The fourth-order valence-corrected chi connectivity index (χ4v) is 4.41. The number of aliphatic imine (C=N–C) groups is 1. The first-order chi connectivity index (χ1) is 14.3. The van der Waals surface area contributed by atoms with Gasteiger partial charge in [-0.2, -0.15) is 0 Å². The van der Waals surface area contributed by atoms with Crippen LogP contribution in [0.3, 0.4) is 0 Å². The van der Waals surface area contributed by atoms with E-state index < -0.39 is 0 Å². The summed E-state index contributed by atoms with van der Waals surface area (Å²) < 4.78 is 8.09. The molecule has 30 heavy (non-hydrogen) atoms. The number of rotatable bonds is 13. The van der Waals surface area contributed by atoms with E-state index in [1.54, 1.807) is 11.8 Å². The van der Waals surface area contributed by atoms with E-state index in [1.165, 1.54) is 38.5 Å². The normalized spacial score (nSPS) is 17.2. The van der Waals surface area contributed by atoms with E-state index >= 15 is 0 Å². The lowest BCUT2D eigenvalue weighted by Gasteiger charge is -2.16. The Labute approximate surface area is 203 Å². The monoisotopic (exact) mass is 550 g/mol. The van der Waals surface area contributed by atoms with Crippen LogP contribution in [0.1, 0.15) is 70.2 Å². The molecule has 0 saturated heterocycles. The van der Waals surface area contributed by atoms with Gasteiger partial charge in [0.2, 0.25) is 0 Å². The second-order valence-electron chi connectivity index (χ2n) is 8.07. The molecular weight excluding hydrogens is 511 g/mol. The Balaban J connectivity index is 0.00000320. The number of hydrogen-bond donors (Lipinski definition) is 2. The van der Waals surface area contributed by atoms with Crippen LogP contribution in [0.5, 0.6) is 0 Å². The molecule has 7 nitrogen and oxygen atoms in total. The molecule has 2 saturated carbocycles. The number of aryl methyl sites for hydroxylation is 1. The molecule has 2 N–H and O–H groups in total. The highest BCUT2D eigenvalue weighted by Crippen LogP contribution is 2.33. The van der Waals surface area contributed by atoms with E-state index in [9.17, 15) is 0 Å². The molecule has 9 heteroatoms. The fraction of sp³-hybridized carbons (Fsp3) is 0.857. The van der Waals surface area contributed by atoms with E-state index in [-0.39, 0.29) is 24.0 Å². The van der Waals surface area contributed by atoms with Crippen molar-refractivity contribution in [2.45, 2.75) is 75.9 Å². The van der Waals surface area contributed by atoms with Gasteiger partial charge in [-0.3, -0.25) is 4.99 Å². The van der Waals surface area contributed by atoms with Crippen LogP contribution in [0.25, 0.3) is 0 Å². The van der Waals surface area contributed by atoms with E-state index in [4.69, 9.17) is 9.73 Å². The molecule has 0 aromatic carbocycles. The van der Waals surface area contributed by atoms with Gasteiger partial charge < -0.3 is 19.9 Å². The molecule has 0 atom stereocenters. The quantitative estimate of drug-likeness (QED) is 0.127. The van der Waals surface area contributed by atoms with Crippen molar-refractivity contribution in [1.29, 1.82) is 0 Å². The van der Waals surface area contributed by atoms with Gasteiger partial charge in [-0.1, -0.05) is 24.6 Å². The van der Waals surface area contributed by atoms with Crippen molar-refractivity contribution in [3.63, 3.8) is 0 Å². The number of hydrogen-bond acceptors (Lipinski definition) is 5. The van der Waals surface area contributed by atoms with E-state index in [2.05, 4.69) is 38.6 Å². The van der Waals surface area contributed by atoms with Gasteiger partial charge >= 0.3 is 0 Å². The van der Waals surface area contributed by atoms with Gasteiger partial charge in [0, 0.05) is 45.3 Å². The highest BCUT2D eigenvalue weighted by Gasteiger charge is 2.23. The van der Waals surface area contributed by atoms with Crippen LogP contribution in [0.15, 0.2) is 10.1 Å². The lowest BCUT2D eigenvalue weighted by Crippen LogP contribution is -2.38. The van der Waals surface area contributed by atoms with Crippen molar-refractivity contribution in [3.05, 3.63) is 5.82 Å². The van der Waals surface area contributed by atoms with Gasteiger partial charge in [0.1, 0.15) is 5.82 Å². The minimum absolute atomic E-state index is 0. The zero-order valence-corrected chi connectivity index (χ0v) is 21.7. The van der Waals surface area contributed by atoms with Gasteiger partial charge in [0.25, 0.3) is 0 Å². The van der Waals surface area contributed by atoms with Crippen LogP contribution in [0, 0.1) is 5.92 Å². The highest BCUT2D eigenvalue weighted by atomic mass is 127. The molecule has 3 rings (SSSR count). The highest BCUT2D eigenvalue weighted by molar-refractivity contribution is 14.0. The van der Waals surface area contributed by atoms with Crippen molar-refractivity contribution in [3.8, 4) is 0 Å². The second-order valence-corrected chi connectivity index (χ2v) is 8.85. The molecule has 1 aromatic heterocycles. The number of nitrogens with zero attached hydrogens (tertiary/aromatic N) is 4. The van der Waals surface area contributed by atoms with Gasteiger partial charge in [0.05, 0.1) is 0 Å². The zero-order valence-electron chi connectivity index (χ0n) is 18.6. The number of halogens is 1. The molecule has 0 bridgehead atoms. The first kappa shape index (κ1) is 25.7. The summed E-state index contributed by atoms with van der Waals surface area (Å²) >= 11 is 1.70. The maximum absolute atomic E-state index is 5.69. The molecule has 0 unspecified atom stereocenters. The maximum atomic E-state index is 5.69. The SMILES string of the molecule is CCNC(=NCCCc1nnc(SC)n1C1CCCC1)NCCCOCC1CC1.I. The van der Waals surface area contributed by atoms with E-state index in [1.807, 2.05) is 0 Å². The Kier molecular flexibility index (Phi) is 12.4. The first-order valence-electron chi connectivity index (χ1n) is 11.4. The number of ether oxygens (including phenoxy) is 1. The Hall–Kier alpha value is -0.550. The minimum Gasteiger partial charge on any atom is -0.381 e. The van der Waals surface area contributed by atoms with E-state index in [0.717, 1.165) is 75.0 Å². The van der Waals surface area contributed by atoms with Crippen molar-refractivity contribution >= 4 is 41.7 Å². The van der Waals surface area contributed by atoms with E-state index in [0.29, 0.717) is 6.04 Å². The molecule has 2 aliphatic carbocycles. The van der Waals surface area contributed by atoms with Gasteiger partial charge in [0.15, 0.2) is 11.1 Å². The lowest BCUT2D eigenvalue weighted by atomic mass is 10.2. The fourth-order valence-electron chi connectivity index (χ4n) is 3.83. The summed E-state index contributed by atoms with van der Waals surface area (Å²) in [7, 11) is 0. The predicted octanol–water partition coefficient (Wildman–Crippen LogP) is 4.04. The zero-order chi connectivity index (χ0) is 20.3. The third kappa shape index (κ3) is 8.53. The molecule has 0 aliphatic heterocycles. The summed E-state index contributed by atoms with van der Waals surface area (Å²) in [6.45, 7) is 6.43. The molecule has 2 fully saturated rings. The molecule has 0 radical (unpaired) electrons. The van der Waals surface area contributed by atoms with Crippen molar-refractivity contribution < 1.29 is 4.74 Å². The molecular formula is C21H39IN6OS. The smallest absolute Gasteiger partial charge is 0.191 e. The van der Waals surface area contributed by atoms with Crippen LogP contribution in [-0.2, 0) is 11.2 Å². The molecule has 0 spiro atoms. The van der Waals surface area contributed by atoms with Crippen LogP contribution >= 0.6 is 35.7 Å².